The number of rotatable bonds is 1. The Morgan fingerprint density at radius 3 is 2.45 bits per heavy atom. The topological polar surface area (TPSA) is 94.1 Å². The van der Waals surface area contributed by atoms with E-state index in [-0.39, 0.29) is 20.4 Å². The van der Waals surface area contributed by atoms with Crippen LogP contribution in [-0.2, 0) is 20.4 Å². The SMILES string of the molecule is CC#N.O=N[O-].[Pd].[c-]1cc2ccccc2n1-c1ccccn1. The molecule has 0 aliphatic heterocycles. The van der Waals surface area contributed by atoms with Gasteiger partial charge >= 0.3 is 0 Å². The van der Waals surface area contributed by atoms with Gasteiger partial charge in [0.25, 0.3) is 0 Å². The monoisotopic (exact) mass is 386 g/mol. The molecule has 0 spiro atoms. The summed E-state index contributed by atoms with van der Waals surface area (Å²) in [6.45, 7) is 1.43. The fraction of sp³-hybridized carbons (Fsp3) is 0.0667. The van der Waals surface area contributed by atoms with E-state index in [9.17, 15) is 0 Å². The van der Waals surface area contributed by atoms with Gasteiger partial charge in [-0.2, -0.15) is 5.26 Å². The Hall–Kier alpha value is -2.54. The normalized spacial score (nSPS) is 8.18. The van der Waals surface area contributed by atoms with Crippen LogP contribution in [0.2, 0.25) is 0 Å². The number of aromatic nitrogens is 2. The van der Waals surface area contributed by atoms with Gasteiger partial charge in [0, 0.05) is 33.5 Å². The zero-order chi connectivity index (χ0) is 15.5. The van der Waals surface area contributed by atoms with E-state index in [1.165, 1.54) is 12.3 Å². The Bertz CT molecular complexity index is 723. The molecule has 0 fully saturated rings. The number of nitrogens with zero attached hydrogens (tertiary/aromatic N) is 4. The van der Waals surface area contributed by atoms with Crippen LogP contribution >= 0.6 is 0 Å². The summed E-state index contributed by atoms with van der Waals surface area (Å²) >= 11 is 0. The average molecular weight is 387 g/mol. The predicted octanol–water partition coefficient (Wildman–Crippen LogP) is 3.60. The van der Waals surface area contributed by atoms with Crippen LogP contribution in [-0.4, -0.2) is 9.55 Å². The standard InChI is InChI=1S/C13H9N2.C2H3N.HNO2.Pd/c1-2-6-12-11(5-1)8-10-15(12)13-7-3-4-9-14-13;1-2-3;2-1-3;/h1-9H;1H3;(H,2,3);/q-1;;;/p-1. The first-order valence-electron chi connectivity index (χ1n) is 5.93. The molecular weight excluding hydrogens is 375 g/mol. The molecule has 22 heavy (non-hydrogen) atoms. The molecule has 3 rings (SSSR count). The summed E-state index contributed by atoms with van der Waals surface area (Å²) < 4.78 is 1.97. The molecule has 116 valence electrons. The van der Waals surface area contributed by atoms with Gasteiger partial charge in [0.2, 0.25) is 0 Å². The molecule has 0 aliphatic carbocycles. The summed E-state index contributed by atoms with van der Waals surface area (Å²) in [6, 6.07) is 17.8. The number of pyridine rings is 1. The Balaban J connectivity index is 0.000000554. The molecule has 0 bridgehead atoms. The van der Waals surface area contributed by atoms with Gasteiger partial charge in [0.1, 0.15) is 0 Å². The van der Waals surface area contributed by atoms with Gasteiger partial charge in [0.05, 0.1) is 11.9 Å². The van der Waals surface area contributed by atoms with Crippen molar-refractivity contribution in [3.8, 4) is 11.9 Å². The number of nitriles is 1. The van der Waals surface area contributed by atoms with Crippen molar-refractivity contribution in [3.63, 3.8) is 0 Å². The second-order valence-electron chi connectivity index (χ2n) is 3.65. The van der Waals surface area contributed by atoms with Gasteiger partial charge in [-0.3, -0.25) is 4.98 Å². The van der Waals surface area contributed by atoms with Gasteiger partial charge in [-0.15, -0.1) is 22.9 Å². The van der Waals surface area contributed by atoms with Crippen molar-refractivity contribution in [1.29, 1.82) is 5.26 Å². The maximum Gasteiger partial charge on any atom is 0.0587 e. The van der Waals surface area contributed by atoms with Gasteiger partial charge in [-0.25, -0.2) is 0 Å². The molecule has 0 unspecified atom stereocenters. The van der Waals surface area contributed by atoms with Crippen molar-refractivity contribution in [1.82, 2.24) is 9.55 Å². The number of hydrogen-bond acceptors (Lipinski definition) is 5. The molecule has 0 aliphatic rings. The Kier molecular flexibility index (Phi) is 9.87. The van der Waals surface area contributed by atoms with E-state index in [1.807, 2.05) is 41.0 Å². The minimum Gasteiger partial charge on any atom is -0.444 e. The third-order valence-corrected chi connectivity index (χ3v) is 2.41. The van der Waals surface area contributed by atoms with Crippen molar-refractivity contribution in [3.05, 3.63) is 71.0 Å². The molecule has 0 amide bonds. The van der Waals surface area contributed by atoms with Gasteiger partial charge in [0.15, 0.2) is 0 Å². The third-order valence-electron chi connectivity index (χ3n) is 2.41. The van der Waals surface area contributed by atoms with Crippen LogP contribution in [0.1, 0.15) is 6.92 Å². The minimum atomic E-state index is 0. The number of benzene rings is 1. The smallest absolute Gasteiger partial charge is 0.0587 e. The van der Waals surface area contributed by atoms with Crippen LogP contribution in [0.3, 0.4) is 0 Å². The molecule has 7 heteroatoms. The number of para-hydroxylation sites is 1. The van der Waals surface area contributed by atoms with Crippen LogP contribution < -0.4 is 0 Å². The average Bonchev–Trinajstić information content (AvgIpc) is 2.94. The maximum absolute atomic E-state index is 8.00. The first kappa shape index (κ1) is 19.5. The summed E-state index contributed by atoms with van der Waals surface area (Å²) in [7, 11) is 0. The quantitative estimate of drug-likeness (QED) is 0.276. The fourth-order valence-corrected chi connectivity index (χ4v) is 1.69. The van der Waals surface area contributed by atoms with Crippen molar-refractivity contribution in [2.75, 3.05) is 0 Å². The molecule has 0 saturated carbocycles. The molecule has 2 aromatic heterocycles. The second kappa shape index (κ2) is 11.2. The van der Waals surface area contributed by atoms with Gasteiger partial charge < -0.3 is 14.7 Å². The van der Waals surface area contributed by atoms with E-state index in [2.05, 4.69) is 23.3 Å². The van der Waals surface area contributed by atoms with Crippen LogP contribution in [0.15, 0.2) is 60.1 Å². The predicted molar refractivity (Wildman–Crippen MR) is 80.4 cm³/mol. The molecule has 0 atom stereocenters. The number of hydrogen-bond donors (Lipinski definition) is 0. The molecule has 1 aromatic carbocycles. The fourth-order valence-electron chi connectivity index (χ4n) is 1.69. The summed E-state index contributed by atoms with van der Waals surface area (Å²) in [5.74, 6) is 0.902. The Labute approximate surface area is 141 Å². The first-order valence-corrected chi connectivity index (χ1v) is 5.93. The summed E-state index contributed by atoms with van der Waals surface area (Å²) in [4.78, 5) is 12.3. The molecule has 3 aromatic rings. The van der Waals surface area contributed by atoms with E-state index in [0.29, 0.717) is 0 Å². The zero-order valence-electron chi connectivity index (χ0n) is 11.6. The van der Waals surface area contributed by atoms with Crippen LogP contribution in [0.5, 0.6) is 0 Å². The van der Waals surface area contributed by atoms with Gasteiger partial charge in [-0.05, 0) is 6.07 Å². The summed E-state index contributed by atoms with van der Waals surface area (Å²) in [6.07, 6.45) is 4.97. The molecule has 2 heterocycles. The molecule has 0 saturated heterocycles. The largest absolute Gasteiger partial charge is 0.444 e. The Morgan fingerprint density at radius 1 is 1.27 bits per heavy atom. The van der Waals surface area contributed by atoms with Crippen molar-refractivity contribution >= 4 is 10.9 Å². The van der Waals surface area contributed by atoms with Gasteiger partial charge in [-0.1, -0.05) is 42.0 Å². The van der Waals surface area contributed by atoms with E-state index >= 15 is 0 Å². The van der Waals surface area contributed by atoms with Crippen molar-refractivity contribution in [2.45, 2.75) is 6.92 Å². The van der Waals surface area contributed by atoms with Crippen LogP contribution in [0.25, 0.3) is 16.7 Å². The molecular formula is C15H12N4O2Pd-2. The van der Waals surface area contributed by atoms with Crippen LogP contribution in [0.4, 0.5) is 0 Å². The second-order valence-corrected chi connectivity index (χ2v) is 3.65. The van der Waals surface area contributed by atoms with Crippen molar-refractivity contribution in [2.24, 2.45) is 5.34 Å². The van der Waals surface area contributed by atoms with E-state index in [1.54, 1.807) is 12.3 Å². The van der Waals surface area contributed by atoms with E-state index in [0.717, 1.165) is 16.7 Å². The van der Waals surface area contributed by atoms with Crippen LogP contribution in [0, 0.1) is 27.6 Å². The van der Waals surface area contributed by atoms with Crippen molar-refractivity contribution < 1.29 is 20.4 Å². The molecule has 0 N–H and O–H groups in total. The number of fused-ring (bicyclic) bond motifs is 1. The third kappa shape index (κ3) is 5.45. The minimum absolute atomic E-state index is 0. The molecule has 0 radical (unpaired) electrons. The molecule has 6 nitrogen and oxygen atoms in total. The Morgan fingerprint density at radius 2 is 1.86 bits per heavy atom. The maximum atomic E-state index is 8.00. The zero-order valence-corrected chi connectivity index (χ0v) is 13.2. The van der Waals surface area contributed by atoms with E-state index < -0.39 is 0 Å². The summed E-state index contributed by atoms with van der Waals surface area (Å²) in [5, 5.41) is 17.5. The first-order chi connectivity index (χ1) is 10.3. The summed E-state index contributed by atoms with van der Waals surface area (Å²) in [5.41, 5.74) is 1.14. The van der Waals surface area contributed by atoms with E-state index in [4.69, 9.17) is 15.4 Å².